The van der Waals surface area contributed by atoms with Crippen molar-refractivity contribution in [2.45, 2.75) is 37.6 Å². The SMILES string of the molecule is CC[C@@H]1C[NH+]2CC[C@]3(C(=O)Nc4ccccc43)[C@@H]2C[C@@H]1/C(=C/OC)C(=O)OC. The Kier molecular flexibility index (Phi) is 4.91. The second-order valence-corrected chi connectivity index (χ2v) is 8.20. The maximum atomic E-state index is 13.2. The average Bonchev–Trinajstić information content (AvgIpc) is 3.23. The van der Waals surface area contributed by atoms with Crippen molar-refractivity contribution in [3.63, 3.8) is 0 Å². The number of quaternary nitrogens is 1. The Morgan fingerprint density at radius 1 is 1.36 bits per heavy atom. The Morgan fingerprint density at radius 3 is 2.86 bits per heavy atom. The van der Waals surface area contributed by atoms with Gasteiger partial charge in [0.1, 0.15) is 11.5 Å². The second kappa shape index (κ2) is 7.24. The highest BCUT2D eigenvalue weighted by molar-refractivity contribution is 6.07. The van der Waals surface area contributed by atoms with Crippen LogP contribution >= 0.6 is 0 Å². The highest BCUT2D eigenvalue weighted by Crippen LogP contribution is 2.47. The molecule has 150 valence electrons. The largest absolute Gasteiger partial charge is 0.504 e. The lowest BCUT2D eigenvalue weighted by Crippen LogP contribution is -3.16. The molecule has 1 spiro atoms. The molecule has 6 heteroatoms. The number of para-hydroxylation sites is 1. The van der Waals surface area contributed by atoms with Crippen LogP contribution in [-0.2, 0) is 24.5 Å². The molecule has 5 atom stereocenters. The molecule has 0 bridgehead atoms. The number of carbonyl (C=O) groups excluding carboxylic acids is 2. The van der Waals surface area contributed by atoms with E-state index in [0.717, 1.165) is 43.6 Å². The van der Waals surface area contributed by atoms with Crippen LogP contribution in [0.25, 0.3) is 0 Å². The third-order valence-electron chi connectivity index (χ3n) is 7.16. The van der Waals surface area contributed by atoms with Crippen molar-refractivity contribution in [3.05, 3.63) is 41.7 Å². The summed E-state index contributed by atoms with van der Waals surface area (Å²) in [7, 11) is 2.97. The Balaban J connectivity index is 1.74. The second-order valence-electron chi connectivity index (χ2n) is 8.20. The third-order valence-corrected chi connectivity index (χ3v) is 7.16. The van der Waals surface area contributed by atoms with E-state index < -0.39 is 5.41 Å². The summed E-state index contributed by atoms with van der Waals surface area (Å²) in [5, 5.41) is 3.11. The zero-order valence-electron chi connectivity index (χ0n) is 16.8. The van der Waals surface area contributed by atoms with Gasteiger partial charge in [-0.05, 0) is 18.1 Å². The maximum absolute atomic E-state index is 13.2. The van der Waals surface area contributed by atoms with Crippen LogP contribution in [0.1, 0.15) is 31.7 Å². The van der Waals surface area contributed by atoms with Gasteiger partial charge in [-0.1, -0.05) is 25.1 Å². The Hall–Kier alpha value is -2.34. The normalized spacial score (nSPS) is 34.0. The van der Waals surface area contributed by atoms with Gasteiger partial charge in [-0.15, -0.1) is 0 Å². The number of esters is 1. The van der Waals surface area contributed by atoms with Crippen molar-refractivity contribution in [1.29, 1.82) is 0 Å². The van der Waals surface area contributed by atoms with Crippen LogP contribution in [0, 0.1) is 11.8 Å². The topological polar surface area (TPSA) is 69.1 Å². The van der Waals surface area contributed by atoms with E-state index in [0.29, 0.717) is 11.5 Å². The number of carbonyl (C=O) groups is 2. The molecule has 6 nitrogen and oxygen atoms in total. The van der Waals surface area contributed by atoms with Crippen molar-refractivity contribution >= 4 is 17.6 Å². The van der Waals surface area contributed by atoms with Crippen molar-refractivity contribution < 1.29 is 24.0 Å². The lowest BCUT2D eigenvalue weighted by atomic mass is 9.67. The minimum Gasteiger partial charge on any atom is -0.504 e. The predicted molar refractivity (Wildman–Crippen MR) is 105 cm³/mol. The van der Waals surface area contributed by atoms with Gasteiger partial charge < -0.3 is 19.7 Å². The van der Waals surface area contributed by atoms with E-state index in [4.69, 9.17) is 9.47 Å². The van der Waals surface area contributed by atoms with Crippen molar-refractivity contribution in [2.24, 2.45) is 11.8 Å². The van der Waals surface area contributed by atoms with Crippen LogP contribution in [0.2, 0.25) is 0 Å². The molecule has 1 unspecified atom stereocenters. The number of methoxy groups -OCH3 is 2. The van der Waals surface area contributed by atoms with E-state index in [1.807, 2.05) is 18.2 Å². The summed E-state index contributed by atoms with van der Waals surface area (Å²) in [6, 6.07) is 8.20. The van der Waals surface area contributed by atoms with Crippen molar-refractivity contribution in [1.82, 2.24) is 0 Å². The first-order valence-electron chi connectivity index (χ1n) is 10.1. The smallest absolute Gasteiger partial charge is 0.337 e. The molecule has 0 saturated carbocycles. The van der Waals surface area contributed by atoms with Crippen LogP contribution in [0.3, 0.4) is 0 Å². The molecule has 2 fully saturated rings. The Bertz CT molecular complexity index is 821. The highest BCUT2D eigenvalue weighted by Gasteiger charge is 2.63. The number of ether oxygens (including phenoxy) is 2. The fourth-order valence-electron chi connectivity index (χ4n) is 5.87. The van der Waals surface area contributed by atoms with Gasteiger partial charge in [0.15, 0.2) is 0 Å². The first-order chi connectivity index (χ1) is 13.6. The molecule has 0 aromatic heterocycles. The van der Waals surface area contributed by atoms with Crippen LogP contribution < -0.4 is 10.2 Å². The molecule has 1 aromatic carbocycles. The Labute approximate surface area is 165 Å². The van der Waals surface area contributed by atoms with E-state index >= 15 is 0 Å². The third kappa shape index (κ3) is 2.65. The fourth-order valence-corrected chi connectivity index (χ4v) is 5.87. The first kappa shape index (κ1) is 19.0. The number of piperidine rings is 1. The van der Waals surface area contributed by atoms with Gasteiger partial charge in [0.2, 0.25) is 5.91 Å². The van der Waals surface area contributed by atoms with Crippen molar-refractivity contribution in [3.8, 4) is 0 Å². The van der Waals surface area contributed by atoms with Gasteiger partial charge in [0.25, 0.3) is 0 Å². The lowest BCUT2D eigenvalue weighted by molar-refractivity contribution is -0.924. The van der Waals surface area contributed by atoms with Crippen LogP contribution in [0.15, 0.2) is 36.1 Å². The number of anilines is 1. The molecular formula is C22H29N2O4+. The van der Waals surface area contributed by atoms with Gasteiger partial charge in [0, 0.05) is 30.4 Å². The summed E-state index contributed by atoms with van der Waals surface area (Å²) in [4.78, 5) is 27.2. The number of amides is 1. The number of rotatable bonds is 4. The molecule has 0 aliphatic carbocycles. The number of fused-ring (bicyclic) bond motifs is 4. The van der Waals surface area contributed by atoms with Crippen LogP contribution in [-0.4, -0.2) is 45.2 Å². The van der Waals surface area contributed by atoms with Gasteiger partial charge in [-0.2, -0.15) is 0 Å². The molecule has 28 heavy (non-hydrogen) atoms. The minimum absolute atomic E-state index is 0.0293. The highest BCUT2D eigenvalue weighted by atomic mass is 16.5. The maximum Gasteiger partial charge on any atom is 0.337 e. The summed E-state index contributed by atoms with van der Waals surface area (Å²) in [5.41, 5.74) is 2.13. The summed E-state index contributed by atoms with van der Waals surface area (Å²) < 4.78 is 10.3. The Morgan fingerprint density at radius 2 is 2.14 bits per heavy atom. The van der Waals surface area contributed by atoms with Gasteiger partial charge >= 0.3 is 5.97 Å². The average molecular weight is 385 g/mol. The molecule has 3 heterocycles. The summed E-state index contributed by atoms with van der Waals surface area (Å²) >= 11 is 0. The quantitative estimate of drug-likeness (QED) is 0.466. The molecule has 2 saturated heterocycles. The predicted octanol–water partition coefficient (Wildman–Crippen LogP) is 1.28. The molecule has 3 aliphatic heterocycles. The van der Waals surface area contributed by atoms with Crippen LogP contribution in [0.5, 0.6) is 0 Å². The number of hydrogen-bond donors (Lipinski definition) is 2. The van der Waals surface area contributed by atoms with Gasteiger partial charge in [-0.25, -0.2) is 4.79 Å². The molecular weight excluding hydrogens is 356 g/mol. The van der Waals surface area contributed by atoms with E-state index in [1.54, 1.807) is 7.11 Å². The van der Waals surface area contributed by atoms with E-state index in [9.17, 15) is 9.59 Å². The zero-order chi connectivity index (χ0) is 19.9. The van der Waals surface area contributed by atoms with E-state index in [2.05, 4.69) is 18.3 Å². The zero-order valence-corrected chi connectivity index (χ0v) is 16.8. The standard InChI is InChI=1S/C22H28N2O4/c1-4-14-12-24-10-9-22(17-7-5-6-8-18(17)23-21(22)26)19(24)11-15(14)16(13-27-2)20(25)28-3/h5-8,13-15,19H,4,9-12H2,1-3H3,(H,23,26)/p+1/b16-13-/t14-,15+,19+,22-/m1/s1. The summed E-state index contributed by atoms with van der Waals surface area (Å²) in [5.74, 6) is 0.165. The molecule has 3 aliphatic rings. The summed E-state index contributed by atoms with van der Waals surface area (Å²) in [6.07, 6.45) is 4.14. The molecule has 0 radical (unpaired) electrons. The fraction of sp³-hybridized carbons (Fsp3) is 0.545. The minimum atomic E-state index is -0.503. The number of hydrogen-bond acceptors (Lipinski definition) is 4. The lowest BCUT2D eigenvalue weighted by Gasteiger charge is -2.42. The molecule has 4 rings (SSSR count). The van der Waals surface area contributed by atoms with E-state index in [-0.39, 0.29) is 23.8 Å². The monoisotopic (exact) mass is 385 g/mol. The van der Waals surface area contributed by atoms with Crippen molar-refractivity contribution in [2.75, 3.05) is 32.6 Å². The first-order valence-corrected chi connectivity index (χ1v) is 10.1. The molecule has 1 aromatic rings. The summed E-state index contributed by atoms with van der Waals surface area (Å²) in [6.45, 7) is 4.11. The van der Waals surface area contributed by atoms with Gasteiger partial charge in [0.05, 0.1) is 39.1 Å². The van der Waals surface area contributed by atoms with E-state index in [1.165, 1.54) is 18.3 Å². The van der Waals surface area contributed by atoms with Crippen LogP contribution in [0.4, 0.5) is 5.69 Å². The number of nitrogens with one attached hydrogen (secondary N) is 2. The van der Waals surface area contributed by atoms with Gasteiger partial charge in [-0.3, -0.25) is 4.79 Å². The molecule has 2 N–H and O–H groups in total. The number of benzene rings is 1. The molecule has 1 amide bonds.